The fraction of sp³-hybridized carbons (Fsp3) is 0.0909. The van der Waals surface area contributed by atoms with Crippen molar-refractivity contribution in [1.29, 1.82) is 0 Å². The first-order valence-electron chi connectivity index (χ1n) is 4.28. The summed E-state index contributed by atoms with van der Waals surface area (Å²) in [6.45, 7) is 0. The Balaban J connectivity index is 2.36. The van der Waals surface area contributed by atoms with Crippen molar-refractivity contribution in [2.75, 3.05) is 0 Å². The van der Waals surface area contributed by atoms with E-state index in [4.69, 9.17) is 11.6 Å². The van der Waals surface area contributed by atoms with Gasteiger partial charge in [-0.1, -0.05) is 23.7 Å². The third kappa shape index (κ3) is 1.91. The number of hydrogen-bond donors (Lipinski definition) is 0. The van der Waals surface area contributed by atoms with Gasteiger partial charge in [-0.05, 0) is 23.8 Å². The molecule has 1 heterocycles. The second-order valence-corrected chi connectivity index (χ2v) is 3.48. The largest absolute Gasteiger partial charge is 0.294 e. The Morgan fingerprint density at radius 2 is 2.21 bits per heavy atom. The molecule has 0 fully saturated rings. The van der Waals surface area contributed by atoms with Crippen LogP contribution in [0.25, 0.3) is 0 Å². The minimum atomic E-state index is 0.0787. The molecule has 0 unspecified atom stereocenters. The summed E-state index contributed by atoms with van der Waals surface area (Å²) in [7, 11) is 0. The number of carbonyl (C=O) groups excluding carboxylic acids is 1. The van der Waals surface area contributed by atoms with Crippen LogP contribution in [0.15, 0.2) is 41.5 Å². The van der Waals surface area contributed by atoms with E-state index in [1.165, 1.54) is 12.3 Å². The minimum absolute atomic E-state index is 0.0787. The molecule has 0 atom stereocenters. The maximum Gasteiger partial charge on any atom is 0.163 e. The van der Waals surface area contributed by atoms with Gasteiger partial charge in [-0.15, -0.1) is 0 Å². The zero-order valence-corrected chi connectivity index (χ0v) is 8.16. The van der Waals surface area contributed by atoms with Gasteiger partial charge in [0.15, 0.2) is 5.78 Å². The Morgan fingerprint density at radius 3 is 2.93 bits per heavy atom. The summed E-state index contributed by atoms with van der Waals surface area (Å²) < 4.78 is 0. The van der Waals surface area contributed by atoms with Crippen LogP contribution in [-0.2, 0) is 4.79 Å². The topological polar surface area (TPSA) is 29.4 Å². The van der Waals surface area contributed by atoms with Crippen LogP contribution in [0.3, 0.4) is 0 Å². The summed E-state index contributed by atoms with van der Waals surface area (Å²) in [5.41, 5.74) is 1.69. The maximum atomic E-state index is 11.1. The molecule has 14 heavy (non-hydrogen) atoms. The Bertz CT molecular complexity index is 435. The van der Waals surface area contributed by atoms with E-state index in [-0.39, 0.29) is 5.78 Å². The van der Waals surface area contributed by atoms with Crippen molar-refractivity contribution < 1.29 is 4.79 Å². The summed E-state index contributed by atoms with van der Waals surface area (Å²) in [6.07, 6.45) is 3.37. The molecule has 2 rings (SSSR count). The number of hydrogen-bond acceptors (Lipinski definition) is 2. The van der Waals surface area contributed by atoms with Gasteiger partial charge in [0, 0.05) is 11.2 Å². The SMILES string of the molecule is O=C1C=CN=C(c2cccc(Cl)c2)C1. The van der Waals surface area contributed by atoms with Crippen molar-refractivity contribution in [1.82, 2.24) is 0 Å². The Morgan fingerprint density at radius 1 is 1.36 bits per heavy atom. The average Bonchev–Trinajstić information content (AvgIpc) is 2.18. The molecule has 0 saturated heterocycles. The Kier molecular flexibility index (Phi) is 2.46. The number of ketones is 1. The van der Waals surface area contributed by atoms with Crippen LogP contribution in [0.4, 0.5) is 0 Å². The molecular weight excluding hydrogens is 198 g/mol. The molecule has 1 aromatic rings. The van der Waals surface area contributed by atoms with E-state index in [2.05, 4.69) is 4.99 Å². The summed E-state index contributed by atoms with van der Waals surface area (Å²) >= 11 is 5.84. The van der Waals surface area contributed by atoms with E-state index in [1.807, 2.05) is 18.2 Å². The molecule has 1 aliphatic rings. The van der Waals surface area contributed by atoms with Gasteiger partial charge in [0.05, 0.1) is 12.1 Å². The molecule has 0 radical (unpaired) electrons. The number of nitrogens with zero attached hydrogens (tertiary/aromatic N) is 1. The fourth-order valence-corrected chi connectivity index (χ4v) is 1.51. The lowest BCUT2D eigenvalue weighted by Gasteiger charge is -2.06. The molecule has 0 amide bonds. The molecule has 2 nitrogen and oxygen atoms in total. The number of carbonyl (C=O) groups is 1. The van der Waals surface area contributed by atoms with Crippen LogP contribution in [0.2, 0.25) is 5.02 Å². The summed E-state index contributed by atoms with van der Waals surface area (Å²) in [6, 6.07) is 7.36. The van der Waals surface area contributed by atoms with Crippen molar-refractivity contribution in [3.8, 4) is 0 Å². The Labute approximate surface area is 86.9 Å². The van der Waals surface area contributed by atoms with Crippen LogP contribution in [0.5, 0.6) is 0 Å². The molecule has 70 valence electrons. The Hall–Kier alpha value is -1.41. The highest BCUT2D eigenvalue weighted by molar-refractivity contribution is 6.31. The molecule has 0 aliphatic carbocycles. The van der Waals surface area contributed by atoms with E-state index >= 15 is 0 Å². The quantitative estimate of drug-likeness (QED) is 0.693. The first kappa shape index (κ1) is 9.16. The predicted molar refractivity (Wildman–Crippen MR) is 56.8 cm³/mol. The van der Waals surface area contributed by atoms with Crippen molar-refractivity contribution >= 4 is 23.1 Å². The van der Waals surface area contributed by atoms with Gasteiger partial charge >= 0.3 is 0 Å². The second kappa shape index (κ2) is 3.76. The molecule has 0 N–H and O–H groups in total. The zero-order chi connectivity index (χ0) is 9.97. The minimum Gasteiger partial charge on any atom is -0.294 e. The average molecular weight is 206 g/mol. The zero-order valence-electron chi connectivity index (χ0n) is 7.40. The van der Waals surface area contributed by atoms with Gasteiger partial charge < -0.3 is 0 Å². The van der Waals surface area contributed by atoms with E-state index in [1.54, 1.807) is 6.07 Å². The predicted octanol–water partition coefficient (Wildman–Crippen LogP) is 2.62. The standard InChI is InChI=1S/C11H8ClNO/c12-9-3-1-2-8(6-9)11-7-10(14)4-5-13-11/h1-6H,7H2. The van der Waals surface area contributed by atoms with Crippen LogP contribution >= 0.6 is 11.6 Å². The van der Waals surface area contributed by atoms with Crippen LogP contribution in [0, 0.1) is 0 Å². The molecular formula is C11H8ClNO. The number of aliphatic imine (C=N–C) groups is 1. The first-order chi connectivity index (χ1) is 6.75. The monoisotopic (exact) mass is 205 g/mol. The summed E-state index contributed by atoms with van der Waals surface area (Å²) in [5.74, 6) is 0.0787. The van der Waals surface area contributed by atoms with Crippen molar-refractivity contribution in [3.05, 3.63) is 47.1 Å². The van der Waals surface area contributed by atoms with Gasteiger partial charge in [0.2, 0.25) is 0 Å². The molecule has 0 spiro atoms. The lowest BCUT2D eigenvalue weighted by Crippen LogP contribution is -2.09. The summed E-state index contributed by atoms with van der Waals surface area (Å²) in [4.78, 5) is 15.3. The second-order valence-electron chi connectivity index (χ2n) is 3.04. The lowest BCUT2D eigenvalue weighted by atomic mass is 10.0. The van der Waals surface area contributed by atoms with Gasteiger partial charge in [-0.3, -0.25) is 9.79 Å². The highest BCUT2D eigenvalue weighted by Crippen LogP contribution is 2.15. The smallest absolute Gasteiger partial charge is 0.163 e. The fourth-order valence-electron chi connectivity index (χ4n) is 1.32. The number of allylic oxidation sites excluding steroid dienone is 1. The number of halogens is 1. The third-order valence-electron chi connectivity index (χ3n) is 1.99. The van der Waals surface area contributed by atoms with E-state index in [9.17, 15) is 4.79 Å². The first-order valence-corrected chi connectivity index (χ1v) is 4.65. The van der Waals surface area contributed by atoms with Crippen molar-refractivity contribution in [3.63, 3.8) is 0 Å². The molecule has 0 aromatic heterocycles. The van der Waals surface area contributed by atoms with Crippen LogP contribution in [0.1, 0.15) is 12.0 Å². The highest BCUT2D eigenvalue weighted by atomic mass is 35.5. The number of rotatable bonds is 1. The van der Waals surface area contributed by atoms with Crippen molar-refractivity contribution in [2.45, 2.75) is 6.42 Å². The molecule has 1 aromatic carbocycles. The molecule has 1 aliphatic heterocycles. The summed E-state index contributed by atoms with van der Waals surface area (Å²) in [5, 5.41) is 0.659. The van der Waals surface area contributed by atoms with E-state index in [0.717, 1.165) is 11.3 Å². The molecule has 3 heteroatoms. The van der Waals surface area contributed by atoms with Crippen LogP contribution < -0.4 is 0 Å². The third-order valence-corrected chi connectivity index (χ3v) is 2.23. The normalized spacial score (nSPS) is 15.5. The van der Waals surface area contributed by atoms with E-state index < -0.39 is 0 Å². The highest BCUT2D eigenvalue weighted by Gasteiger charge is 2.10. The lowest BCUT2D eigenvalue weighted by molar-refractivity contribution is -0.113. The van der Waals surface area contributed by atoms with Crippen LogP contribution in [-0.4, -0.2) is 11.5 Å². The maximum absolute atomic E-state index is 11.1. The van der Waals surface area contributed by atoms with Crippen molar-refractivity contribution in [2.24, 2.45) is 4.99 Å². The number of benzene rings is 1. The van der Waals surface area contributed by atoms with E-state index in [0.29, 0.717) is 11.4 Å². The van der Waals surface area contributed by atoms with Gasteiger partial charge in [-0.25, -0.2) is 0 Å². The van der Waals surface area contributed by atoms with Gasteiger partial charge in [0.1, 0.15) is 0 Å². The van der Waals surface area contributed by atoms with Gasteiger partial charge in [0.25, 0.3) is 0 Å². The van der Waals surface area contributed by atoms with Gasteiger partial charge in [-0.2, -0.15) is 0 Å². The molecule has 0 saturated carbocycles. The molecule has 0 bridgehead atoms.